The summed E-state index contributed by atoms with van der Waals surface area (Å²) in [5.74, 6) is 2.86. The number of ether oxygens (including phenoxy) is 1. The maximum absolute atomic E-state index is 6.81. The predicted molar refractivity (Wildman–Crippen MR) is 193 cm³/mol. The van der Waals surface area contributed by atoms with Crippen LogP contribution in [0.4, 0.5) is 5.69 Å². The maximum atomic E-state index is 6.81. The number of fused-ring (bicyclic) bond motifs is 11. The monoisotopic (exact) mass is 638 g/mol. The predicted octanol–water partition coefficient (Wildman–Crippen LogP) is 9.60. The lowest BCUT2D eigenvalue weighted by atomic mass is 10.1. The summed E-state index contributed by atoms with van der Waals surface area (Å²) in [6.07, 6.45) is 5.95. The molecule has 0 radical (unpaired) electrons. The molecule has 11 rings (SSSR count). The van der Waals surface area contributed by atoms with Gasteiger partial charge in [-0.2, -0.15) is 0 Å². The van der Waals surface area contributed by atoms with Gasteiger partial charge in [0.1, 0.15) is 28.3 Å². The normalized spacial score (nSPS) is 13.6. The van der Waals surface area contributed by atoms with Gasteiger partial charge in [-0.3, -0.25) is 8.97 Å². The Morgan fingerprint density at radius 2 is 1.53 bits per heavy atom. The van der Waals surface area contributed by atoms with Crippen molar-refractivity contribution in [2.45, 2.75) is 0 Å². The van der Waals surface area contributed by atoms with Crippen LogP contribution in [0, 0.1) is 0 Å². The molecule has 0 atom stereocenters. The smallest absolute Gasteiger partial charge is 0.221 e. The number of anilines is 1. The summed E-state index contributed by atoms with van der Waals surface area (Å²) in [7, 11) is 2.06. The van der Waals surface area contributed by atoms with E-state index in [1.807, 2.05) is 66.7 Å². The summed E-state index contributed by atoms with van der Waals surface area (Å²) >= 11 is 0. The molecule has 1 aliphatic heterocycles. The molecule has 9 heteroatoms. The Kier molecular flexibility index (Phi) is 5.19. The first-order valence-corrected chi connectivity index (χ1v) is 16.1. The van der Waals surface area contributed by atoms with Crippen molar-refractivity contribution in [3.8, 4) is 17.3 Å². The zero-order valence-corrected chi connectivity index (χ0v) is 26.2. The van der Waals surface area contributed by atoms with Gasteiger partial charge in [0.05, 0.1) is 28.7 Å². The molecular weight excluding hydrogens is 612 g/mol. The van der Waals surface area contributed by atoms with Crippen molar-refractivity contribution in [3.63, 3.8) is 0 Å². The van der Waals surface area contributed by atoms with Crippen molar-refractivity contribution in [2.75, 3.05) is 18.6 Å². The van der Waals surface area contributed by atoms with E-state index in [1.165, 1.54) is 0 Å². The van der Waals surface area contributed by atoms with Crippen LogP contribution in [0.2, 0.25) is 0 Å². The molecule has 0 aliphatic carbocycles. The Labute approximate surface area is 278 Å². The Balaban J connectivity index is 1.13. The number of pyridine rings is 1. The summed E-state index contributed by atoms with van der Waals surface area (Å²) in [6, 6.07) is 36.7. The second-order valence-electron chi connectivity index (χ2n) is 12.5. The summed E-state index contributed by atoms with van der Waals surface area (Å²) in [4.78, 5) is 14.1. The Bertz CT molecular complexity index is 2980. The van der Waals surface area contributed by atoms with Crippen LogP contribution >= 0.6 is 0 Å². The first-order valence-electron chi connectivity index (χ1n) is 16.1. The van der Waals surface area contributed by atoms with E-state index in [0.29, 0.717) is 17.1 Å². The largest absolute Gasteiger partial charge is 0.456 e. The molecule has 0 saturated heterocycles. The molecule has 49 heavy (non-hydrogen) atoms. The van der Waals surface area contributed by atoms with Gasteiger partial charge in [0, 0.05) is 71.1 Å². The Hall–Kier alpha value is -6.74. The van der Waals surface area contributed by atoms with Gasteiger partial charge in [0.25, 0.3) is 0 Å². The summed E-state index contributed by atoms with van der Waals surface area (Å²) in [5.41, 5.74) is 7.96. The first kappa shape index (κ1) is 26.3. The van der Waals surface area contributed by atoms with Crippen molar-refractivity contribution >= 4 is 77.4 Å². The van der Waals surface area contributed by atoms with Crippen LogP contribution in [0.5, 0.6) is 11.5 Å². The van der Waals surface area contributed by atoms with Crippen LogP contribution in [0.15, 0.2) is 137 Å². The van der Waals surface area contributed by atoms with Gasteiger partial charge >= 0.3 is 0 Å². The van der Waals surface area contributed by atoms with Crippen molar-refractivity contribution in [3.05, 3.63) is 128 Å². The summed E-state index contributed by atoms with van der Waals surface area (Å²) in [5, 5.41) is 4.11. The van der Waals surface area contributed by atoms with Gasteiger partial charge in [-0.25, -0.2) is 9.97 Å². The SMILES string of the molecule is CN1C=CN(c2cc(Oc3ccc4c(c3)n(-c3ccccn3)c3nc5ccccc5n43)c3oc4cc5oc6ccccc6c5cc4c3c2)C1. The van der Waals surface area contributed by atoms with E-state index in [-0.39, 0.29) is 0 Å². The van der Waals surface area contributed by atoms with E-state index < -0.39 is 0 Å². The van der Waals surface area contributed by atoms with Crippen LogP contribution in [-0.4, -0.2) is 37.6 Å². The van der Waals surface area contributed by atoms with Crippen LogP contribution in [0.1, 0.15) is 0 Å². The zero-order valence-electron chi connectivity index (χ0n) is 26.2. The minimum atomic E-state index is 0.624. The summed E-state index contributed by atoms with van der Waals surface area (Å²) < 4.78 is 23.9. The quantitative estimate of drug-likeness (QED) is 0.190. The first-order chi connectivity index (χ1) is 24.2. The molecule has 9 nitrogen and oxygen atoms in total. The fraction of sp³-hybridized carbons (Fsp3) is 0.0500. The molecule has 0 spiro atoms. The third-order valence-corrected chi connectivity index (χ3v) is 9.51. The number of hydrogen-bond donors (Lipinski definition) is 0. The number of rotatable bonds is 4. The van der Waals surface area contributed by atoms with Crippen molar-refractivity contribution in [2.24, 2.45) is 0 Å². The molecule has 234 valence electrons. The average Bonchev–Trinajstić information content (AvgIpc) is 3.94. The molecule has 0 saturated carbocycles. The molecule has 0 amide bonds. The number of furan rings is 2. The molecule has 6 heterocycles. The van der Waals surface area contributed by atoms with E-state index in [1.54, 1.807) is 6.20 Å². The van der Waals surface area contributed by atoms with E-state index >= 15 is 0 Å². The Morgan fingerprint density at radius 3 is 2.43 bits per heavy atom. The van der Waals surface area contributed by atoms with E-state index in [2.05, 4.69) is 80.7 Å². The lowest BCUT2D eigenvalue weighted by Crippen LogP contribution is -2.21. The molecule has 1 aliphatic rings. The third-order valence-electron chi connectivity index (χ3n) is 9.51. The highest BCUT2D eigenvalue weighted by Gasteiger charge is 2.22. The number of imidazole rings is 2. The second kappa shape index (κ2) is 9.65. The molecular formula is C40H26N6O3. The van der Waals surface area contributed by atoms with Crippen molar-refractivity contribution in [1.82, 2.24) is 23.8 Å². The zero-order chi connectivity index (χ0) is 32.2. The van der Waals surface area contributed by atoms with Gasteiger partial charge in [0.2, 0.25) is 5.78 Å². The van der Waals surface area contributed by atoms with Gasteiger partial charge < -0.3 is 23.4 Å². The summed E-state index contributed by atoms with van der Waals surface area (Å²) in [6.45, 7) is 0.731. The fourth-order valence-electron chi connectivity index (χ4n) is 7.27. The van der Waals surface area contributed by atoms with Crippen LogP contribution in [0.3, 0.4) is 0 Å². The molecule has 0 fully saturated rings. The number of para-hydroxylation sites is 3. The highest BCUT2D eigenvalue weighted by molar-refractivity contribution is 6.16. The lowest BCUT2D eigenvalue weighted by molar-refractivity contribution is 0.475. The minimum absolute atomic E-state index is 0.624. The molecule has 5 aromatic heterocycles. The topological polar surface area (TPSA) is 77.1 Å². The van der Waals surface area contributed by atoms with Crippen molar-refractivity contribution < 1.29 is 13.6 Å². The number of nitrogens with zero attached hydrogens (tertiary/aromatic N) is 6. The maximum Gasteiger partial charge on any atom is 0.221 e. The number of aromatic nitrogens is 4. The van der Waals surface area contributed by atoms with E-state index in [0.717, 1.165) is 84.3 Å². The third kappa shape index (κ3) is 3.81. The molecule has 5 aromatic carbocycles. The van der Waals surface area contributed by atoms with Gasteiger partial charge in [-0.05, 0) is 54.6 Å². The van der Waals surface area contributed by atoms with Crippen LogP contribution < -0.4 is 9.64 Å². The fourth-order valence-corrected chi connectivity index (χ4v) is 7.27. The van der Waals surface area contributed by atoms with Crippen molar-refractivity contribution in [1.29, 1.82) is 0 Å². The number of hydrogen-bond acceptors (Lipinski definition) is 7. The minimum Gasteiger partial charge on any atom is -0.456 e. The van der Waals surface area contributed by atoms with Gasteiger partial charge in [-0.15, -0.1) is 0 Å². The second-order valence-corrected chi connectivity index (χ2v) is 12.5. The van der Waals surface area contributed by atoms with E-state index in [9.17, 15) is 0 Å². The molecule has 10 aromatic rings. The highest BCUT2D eigenvalue weighted by Crippen LogP contribution is 2.43. The van der Waals surface area contributed by atoms with Gasteiger partial charge in [-0.1, -0.05) is 36.4 Å². The standard InChI is InChI=1S/C40H26N6O3/c1-43-16-17-44(23-43)24-18-29-28-21-27-26-8-2-5-11-34(26)48-35(27)22-36(28)49-39(29)37(19-24)47-25-13-14-32-33(20-25)46(38-12-6-7-15-41-38)40-42-30-9-3-4-10-31(30)45(32)40/h2-22H,23H2,1H3. The molecule has 0 N–H and O–H groups in total. The Morgan fingerprint density at radius 1 is 0.673 bits per heavy atom. The van der Waals surface area contributed by atoms with E-state index in [4.69, 9.17) is 23.5 Å². The highest BCUT2D eigenvalue weighted by atomic mass is 16.5. The average molecular weight is 639 g/mol. The molecule has 0 unspecified atom stereocenters. The lowest BCUT2D eigenvalue weighted by Gasteiger charge is -2.19. The number of benzene rings is 5. The van der Waals surface area contributed by atoms with Crippen LogP contribution in [-0.2, 0) is 0 Å². The van der Waals surface area contributed by atoms with Gasteiger partial charge in [0.15, 0.2) is 11.3 Å². The molecule has 0 bridgehead atoms. The van der Waals surface area contributed by atoms with Crippen LogP contribution in [0.25, 0.3) is 77.5 Å².